The van der Waals surface area contributed by atoms with Crippen LogP contribution in [0.4, 0.5) is 4.39 Å². The average Bonchev–Trinajstić information content (AvgIpc) is 2.85. The SMILES string of the molecule is Fc1cccc(OCCCCC[PH](c2ccccc2)(c2ccccc2)c2ccccc2)c1. The third kappa shape index (κ3) is 5.26. The maximum absolute atomic E-state index is 13.3. The van der Waals surface area contributed by atoms with Gasteiger partial charge >= 0.3 is 191 Å². The molecule has 0 aliphatic heterocycles. The Hall–Kier alpha value is -2.96. The number of hydrogen-bond donors (Lipinski definition) is 0. The van der Waals surface area contributed by atoms with Crippen LogP contribution in [0.2, 0.25) is 0 Å². The van der Waals surface area contributed by atoms with Gasteiger partial charge in [0.15, 0.2) is 0 Å². The number of rotatable bonds is 10. The van der Waals surface area contributed by atoms with Gasteiger partial charge in [-0.25, -0.2) is 0 Å². The van der Waals surface area contributed by atoms with Gasteiger partial charge in [-0.2, -0.15) is 0 Å². The van der Waals surface area contributed by atoms with E-state index in [-0.39, 0.29) is 5.82 Å². The van der Waals surface area contributed by atoms with Crippen molar-refractivity contribution in [1.29, 1.82) is 0 Å². The molecule has 0 saturated carbocycles. The van der Waals surface area contributed by atoms with Crippen LogP contribution in [0, 0.1) is 5.82 Å². The predicted molar refractivity (Wildman–Crippen MR) is 137 cm³/mol. The van der Waals surface area contributed by atoms with E-state index in [0.29, 0.717) is 12.4 Å². The molecule has 0 bridgehead atoms. The standard InChI is InChI=1S/C29H30FOP/c30-25-14-13-15-26(24-25)31-22-11-4-12-23-32(27-16-5-1-6-17-27,28-18-7-2-8-19-28)29-20-9-3-10-21-29/h1-3,5-10,13-21,24,32H,4,11-12,22-23H2. The first-order valence-electron chi connectivity index (χ1n) is 11.3. The summed E-state index contributed by atoms with van der Waals surface area (Å²) in [5.74, 6) is 0.346. The Morgan fingerprint density at radius 2 is 1.09 bits per heavy atom. The number of benzene rings is 4. The molecule has 0 saturated heterocycles. The van der Waals surface area contributed by atoms with E-state index in [1.165, 1.54) is 28.0 Å². The van der Waals surface area contributed by atoms with Gasteiger partial charge in [-0.3, -0.25) is 0 Å². The van der Waals surface area contributed by atoms with E-state index in [1.54, 1.807) is 12.1 Å². The van der Waals surface area contributed by atoms with Crippen LogP contribution in [0.5, 0.6) is 5.75 Å². The van der Waals surface area contributed by atoms with Crippen molar-refractivity contribution >= 4 is 23.2 Å². The van der Waals surface area contributed by atoms with Crippen LogP contribution in [0.25, 0.3) is 0 Å². The molecule has 164 valence electrons. The Bertz CT molecular complexity index is 987. The summed E-state index contributed by atoms with van der Waals surface area (Å²) in [5, 5.41) is 4.36. The maximum atomic E-state index is 13.3. The van der Waals surface area contributed by atoms with Crippen molar-refractivity contribution in [3.05, 3.63) is 121 Å². The number of hydrogen-bond acceptors (Lipinski definition) is 1. The molecule has 0 aliphatic rings. The molecule has 0 radical (unpaired) electrons. The fraction of sp³-hybridized carbons (Fsp3) is 0.172. The van der Waals surface area contributed by atoms with Gasteiger partial charge in [-0.05, 0) is 0 Å². The van der Waals surface area contributed by atoms with Crippen molar-refractivity contribution in [2.75, 3.05) is 12.8 Å². The molecule has 1 nitrogen and oxygen atoms in total. The fourth-order valence-corrected chi connectivity index (χ4v) is 9.45. The number of ether oxygens (including phenoxy) is 1. The van der Waals surface area contributed by atoms with E-state index in [0.717, 1.165) is 25.4 Å². The molecule has 0 heterocycles. The van der Waals surface area contributed by atoms with Crippen molar-refractivity contribution in [2.45, 2.75) is 19.3 Å². The van der Waals surface area contributed by atoms with Crippen LogP contribution in [-0.4, -0.2) is 12.8 Å². The van der Waals surface area contributed by atoms with E-state index in [4.69, 9.17) is 4.74 Å². The first-order chi connectivity index (χ1) is 15.8. The van der Waals surface area contributed by atoms with Gasteiger partial charge in [0, 0.05) is 0 Å². The first-order valence-corrected chi connectivity index (χ1v) is 13.5. The minimum atomic E-state index is -2.15. The van der Waals surface area contributed by atoms with Crippen molar-refractivity contribution in [3.8, 4) is 5.75 Å². The molecule has 0 N–H and O–H groups in total. The summed E-state index contributed by atoms with van der Waals surface area (Å²) in [6.45, 7) is 0.611. The van der Waals surface area contributed by atoms with Crippen molar-refractivity contribution in [1.82, 2.24) is 0 Å². The number of halogens is 1. The zero-order chi connectivity index (χ0) is 22.1. The third-order valence-corrected chi connectivity index (χ3v) is 11.1. The molecule has 0 aromatic heterocycles. The minimum absolute atomic E-state index is 0.258. The Balaban J connectivity index is 1.52. The van der Waals surface area contributed by atoms with Gasteiger partial charge in [0.2, 0.25) is 0 Å². The molecular formula is C29H30FOP. The second kappa shape index (κ2) is 11.1. The van der Waals surface area contributed by atoms with Crippen molar-refractivity contribution in [2.24, 2.45) is 0 Å². The van der Waals surface area contributed by atoms with Crippen LogP contribution in [0.15, 0.2) is 115 Å². The Kier molecular flexibility index (Phi) is 7.69. The van der Waals surface area contributed by atoms with Crippen LogP contribution in [0.1, 0.15) is 19.3 Å². The topological polar surface area (TPSA) is 9.23 Å². The molecule has 4 aromatic carbocycles. The molecule has 3 heteroatoms. The van der Waals surface area contributed by atoms with Gasteiger partial charge < -0.3 is 0 Å². The predicted octanol–water partition coefficient (Wildman–Crippen LogP) is 6.10. The van der Waals surface area contributed by atoms with Crippen LogP contribution in [-0.2, 0) is 0 Å². The molecular weight excluding hydrogens is 414 g/mol. The average molecular weight is 445 g/mol. The molecule has 0 unspecified atom stereocenters. The van der Waals surface area contributed by atoms with Gasteiger partial charge in [0.05, 0.1) is 0 Å². The van der Waals surface area contributed by atoms with Crippen LogP contribution >= 0.6 is 7.26 Å². The second-order valence-electron chi connectivity index (χ2n) is 8.12. The molecule has 4 aromatic rings. The normalized spacial score (nSPS) is 11.8. The summed E-state index contributed by atoms with van der Waals surface area (Å²) in [4.78, 5) is 0. The molecule has 0 spiro atoms. The molecule has 4 rings (SSSR count). The molecule has 0 atom stereocenters. The van der Waals surface area contributed by atoms with Gasteiger partial charge in [-0.1, -0.05) is 0 Å². The quantitative estimate of drug-likeness (QED) is 0.212. The van der Waals surface area contributed by atoms with Gasteiger partial charge in [-0.15, -0.1) is 0 Å². The number of unbranched alkanes of at least 4 members (excludes halogenated alkanes) is 2. The molecule has 32 heavy (non-hydrogen) atoms. The van der Waals surface area contributed by atoms with E-state index in [1.807, 2.05) is 0 Å². The Morgan fingerprint density at radius 1 is 0.562 bits per heavy atom. The second-order valence-corrected chi connectivity index (χ2v) is 12.2. The first kappa shape index (κ1) is 22.2. The van der Waals surface area contributed by atoms with Crippen LogP contribution in [0.3, 0.4) is 0 Å². The monoisotopic (exact) mass is 444 g/mol. The van der Waals surface area contributed by atoms with E-state index in [9.17, 15) is 4.39 Å². The summed E-state index contributed by atoms with van der Waals surface area (Å²) in [5.41, 5.74) is 0. The summed E-state index contributed by atoms with van der Waals surface area (Å²) in [6, 6.07) is 39.5. The van der Waals surface area contributed by atoms with E-state index < -0.39 is 7.26 Å². The summed E-state index contributed by atoms with van der Waals surface area (Å²) in [7, 11) is -2.15. The summed E-state index contributed by atoms with van der Waals surface area (Å²) < 4.78 is 19.1. The molecule has 0 aliphatic carbocycles. The zero-order valence-corrected chi connectivity index (χ0v) is 19.3. The van der Waals surface area contributed by atoms with E-state index >= 15 is 0 Å². The van der Waals surface area contributed by atoms with Crippen molar-refractivity contribution < 1.29 is 9.13 Å². The van der Waals surface area contributed by atoms with Crippen LogP contribution < -0.4 is 20.7 Å². The summed E-state index contributed by atoms with van der Waals surface area (Å²) in [6.07, 6.45) is 4.30. The zero-order valence-electron chi connectivity index (χ0n) is 18.3. The summed E-state index contributed by atoms with van der Waals surface area (Å²) >= 11 is 0. The van der Waals surface area contributed by atoms with Gasteiger partial charge in [0.25, 0.3) is 0 Å². The van der Waals surface area contributed by atoms with Crippen molar-refractivity contribution in [3.63, 3.8) is 0 Å². The molecule has 0 fully saturated rings. The third-order valence-electron chi connectivity index (χ3n) is 6.06. The fourth-order valence-electron chi connectivity index (χ4n) is 4.52. The Morgan fingerprint density at radius 3 is 1.59 bits per heavy atom. The van der Waals surface area contributed by atoms with Gasteiger partial charge in [0.1, 0.15) is 0 Å². The van der Waals surface area contributed by atoms with E-state index in [2.05, 4.69) is 91.0 Å². The molecule has 0 amide bonds. The Labute approximate surface area is 191 Å².